The first-order chi connectivity index (χ1) is 19.2. The number of nitrogens with one attached hydrogen (secondary N) is 3. The lowest BCUT2D eigenvalue weighted by Gasteiger charge is -2.26. The van der Waals surface area contributed by atoms with Crippen LogP contribution in [0.5, 0.6) is 0 Å². The van der Waals surface area contributed by atoms with E-state index in [0.29, 0.717) is 40.9 Å². The number of carbonyl (C=O) groups is 2. The van der Waals surface area contributed by atoms with Gasteiger partial charge in [-0.25, -0.2) is 9.59 Å². The Bertz CT molecular complexity index is 1370. The number of hydrogen-bond acceptors (Lipinski definition) is 4. The van der Waals surface area contributed by atoms with Gasteiger partial charge in [0.05, 0.1) is 11.6 Å². The maximum absolute atomic E-state index is 13.5. The lowest BCUT2D eigenvalue weighted by Crippen LogP contribution is -2.46. The van der Waals surface area contributed by atoms with Crippen LogP contribution < -0.4 is 20.9 Å². The fourth-order valence-electron chi connectivity index (χ4n) is 4.65. The van der Waals surface area contributed by atoms with Gasteiger partial charge in [-0.2, -0.15) is 5.26 Å². The summed E-state index contributed by atoms with van der Waals surface area (Å²) in [7, 11) is 0. The fourth-order valence-corrected chi connectivity index (χ4v) is 5.18. The van der Waals surface area contributed by atoms with Crippen molar-refractivity contribution in [1.82, 2.24) is 15.5 Å². The van der Waals surface area contributed by atoms with Gasteiger partial charge in [-0.05, 0) is 73.9 Å². The van der Waals surface area contributed by atoms with Crippen LogP contribution >= 0.6 is 23.2 Å². The van der Waals surface area contributed by atoms with Crippen LogP contribution in [-0.2, 0) is 0 Å². The van der Waals surface area contributed by atoms with Gasteiger partial charge in [-0.15, -0.1) is 0 Å². The highest BCUT2D eigenvalue weighted by atomic mass is 35.5. The Labute approximate surface area is 244 Å². The van der Waals surface area contributed by atoms with Crippen LogP contribution in [0.2, 0.25) is 10.0 Å². The number of nitrogens with zero attached hydrogens (tertiary/aromatic N) is 3. The predicted molar refractivity (Wildman–Crippen MR) is 161 cm³/mol. The first kappa shape index (κ1) is 29.2. The zero-order valence-electron chi connectivity index (χ0n) is 22.5. The standard InChI is InChI=1S/C30H32Cl2N6O2/c1-20(2)34-29(39)35-26-10-11-37(19-26)12-13-38(30(40)36-27-16-24(31)15-25(32)17-27)28-8-6-22(7-9-28)23-5-3-4-21(14-23)18-33/h3-9,14-17,20,26H,10-13,19H2,1-2H3,(H,36,40)(H2,34,35,39)/t26-/m1/s1. The van der Waals surface area contributed by atoms with Crippen molar-refractivity contribution in [2.45, 2.75) is 32.4 Å². The minimum Gasteiger partial charge on any atom is -0.336 e. The summed E-state index contributed by atoms with van der Waals surface area (Å²) < 4.78 is 0. The molecule has 1 aliphatic heterocycles. The molecule has 3 N–H and O–H groups in total. The molecular weight excluding hydrogens is 547 g/mol. The van der Waals surface area contributed by atoms with Crippen LogP contribution in [0, 0.1) is 11.3 Å². The molecule has 0 aromatic heterocycles. The second kappa shape index (κ2) is 13.5. The topological polar surface area (TPSA) is 100 Å². The number of likely N-dealkylation sites (tertiary alicyclic amines) is 1. The summed E-state index contributed by atoms with van der Waals surface area (Å²) in [5.74, 6) is 0. The Kier molecular flexibility index (Phi) is 9.88. The van der Waals surface area contributed by atoms with Crippen LogP contribution in [0.1, 0.15) is 25.8 Å². The van der Waals surface area contributed by atoms with Crippen molar-refractivity contribution < 1.29 is 9.59 Å². The molecule has 4 amide bonds. The van der Waals surface area contributed by atoms with E-state index in [2.05, 4.69) is 26.9 Å². The largest absolute Gasteiger partial charge is 0.336 e. The number of rotatable bonds is 8. The highest BCUT2D eigenvalue weighted by molar-refractivity contribution is 6.35. The molecule has 1 saturated heterocycles. The molecule has 3 aromatic rings. The lowest BCUT2D eigenvalue weighted by atomic mass is 10.0. The van der Waals surface area contributed by atoms with Crippen LogP contribution in [0.15, 0.2) is 66.7 Å². The van der Waals surface area contributed by atoms with Crippen molar-refractivity contribution >= 4 is 46.6 Å². The molecule has 10 heteroatoms. The molecule has 0 unspecified atom stereocenters. The monoisotopic (exact) mass is 578 g/mol. The van der Waals surface area contributed by atoms with E-state index in [-0.39, 0.29) is 24.1 Å². The second-order valence-corrected chi connectivity index (χ2v) is 10.9. The third-order valence-corrected chi connectivity index (χ3v) is 6.97. The molecule has 40 heavy (non-hydrogen) atoms. The predicted octanol–water partition coefficient (Wildman–Crippen LogP) is 6.35. The molecule has 1 heterocycles. The normalized spacial score (nSPS) is 14.9. The summed E-state index contributed by atoms with van der Waals surface area (Å²) in [6, 6.07) is 21.8. The third-order valence-electron chi connectivity index (χ3n) is 6.53. The van der Waals surface area contributed by atoms with Gasteiger partial charge in [-0.3, -0.25) is 9.80 Å². The van der Waals surface area contributed by atoms with Crippen LogP contribution in [0.4, 0.5) is 21.0 Å². The molecule has 0 saturated carbocycles. The van der Waals surface area contributed by atoms with E-state index in [0.717, 1.165) is 29.8 Å². The van der Waals surface area contributed by atoms with Crippen molar-refractivity contribution in [3.8, 4) is 17.2 Å². The van der Waals surface area contributed by atoms with Gasteiger partial charge in [0.15, 0.2) is 0 Å². The third kappa shape index (κ3) is 8.12. The number of anilines is 2. The maximum Gasteiger partial charge on any atom is 0.326 e. The van der Waals surface area contributed by atoms with Gasteiger partial charge in [-0.1, -0.05) is 47.5 Å². The molecule has 0 radical (unpaired) electrons. The van der Waals surface area contributed by atoms with E-state index in [1.807, 2.05) is 56.3 Å². The SMILES string of the molecule is CC(C)NC(=O)N[C@@H]1CCN(CCN(C(=O)Nc2cc(Cl)cc(Cl)c2)c2ccc(-c3cccc(C#N)c3)cc2)C1. The van der Waals surface area contributed by atoms with Crippen molar-refractivity contribution in [3.63, 3.8) is 0 Å². The van der Waals surface area contributed by atoms with Gasteiger partial charge in [0.2, 0.25) is 0 Å². The van der Waals surface area contributed by atoms with Crippen molar-refractivity contribution in [3.05, 3.63) is 82.3 Å². The number of carbonyl (C=O) groups excluding carboxylic acids is 2. The summed E-state index contributed by atoms with van der Waals surface area (Å²) in [5, 5.41) is 18.9. The second-order valence-electron chi connectivity index (χ2n) is 10.0. The average molecular weight is 580 g/mol. The van der Waals surface area contributed by atoms with Crippen molar-refractivity contribution in [2.24, 2.45) is 0 Å². The Morgan fingerprint density at radius 2 is 1.77 bits per heavy atom. The van der Waals surface area contributed by atoms with Crippen LogP contribution in [0.3, 0.4) is 0 Å². The Morgan fingerprint density at radius 3 is 2.45 bits per heavy atom. The van der Waals surface area contributed by atoms with E-state index in [1.54, 1.807) is 29.2 Å². The number of nitriles is 1. The molecule has 0 aliphatic carbocycles. The molecule has 1 aliphatic rings. The van der Waals surface area contributed by atoms with Crippen molar-refractivity contribution in [1.29, 1.82) is 5.26 Å². The van der Waals surface area contributed by atoms with E-state index < -0.39 is 0 Å². The quantitative estimate of drug-likeness (QED) is 0.290. The zero-order valence-corrected chi connectivity index (χ0v) is 24.0. The van der Waals surface area contributed by atoms with E-state index >= 15 is 0 Å². The summed E-state index contributed by atoms with van der Waals surface area (Å²) >= 11 is 12.3. The van der Waals surface area contributed by atoms with Gasteiger partial charge in [0, 0.05) is 59.7 Å². The maximum atomic E-state index is 13.5. The lowest BCUT2D eigenvalue weighted by molar-refractivity contribution is 0.234. The molecule has 4 rings (SSSR count). The van der Waals surface area contributed by atoms with Gasteiger partial charge < -0.3 is 16.0 Å². The van der Waals surface area contributed by atoms with Gasteiger partial charge in [0.1, 0.15) is 0 Å². The highest BCUT2D eigenvalue weighted by Gasteiger charge is 2.25. The van der Waals surface area contributed by atoms with Crippen molar-refractivity contribution in [2.75, 3.05) is 36.4 Å². The average Bonchev–Trinajstić information content (AvgIpc) is 3.35. The Balaban J connectivity index is 1.48. The van der Waals surface area contributed by atoms with Gasteiger partial charge in [0.25, 0.3) is 0 Å². The zero-order chi connectivity index (χ0) is 28.6. The molecule has 0 bridgehead atoms. The first-order valence-electron chi connectivity index (χ1n) is 13.1. The Hall–Kier alpha value is -3.77. The minimum absolute atomic E-state index is 0.0538. The summed E-state index contributed by atoms with van der Waals surface area (Å²) in [4.78, 5) is 29.5. The van der Waals surface area contributed by atoms with Crippen LogP contribution in [-0.4, -0.2) is 55.2 Å². The highest BCUT2D eigenvalue weighted by Crippen LogP contribution is 2.26. The number of urea groups is 2. The molecule has 8 nitrogen and oxygen atoms in total. The number of amides is 4. The number of hydrogen-bond donors (Lipinski definition) is 3. The Morgan fingerprint density at radius 1 is 1.05 bits per heavy atom. The molecular formula is C30H32Cl2N6O2. The molecule has 208 valence electrons. The minimum atomic E-state index is -0.317. The van der Waals surface area contributed by atoms with E-state index in [9.17, 15) is 14.9 Å². The number of halogens is 2. The molecule has 3 aromatic carbocycles. The summed E-state index contributed by atoms with van der Waals surface area (Å²) in [5.41, 5.74) is 3.67. The first-order valence-corrected chi connectivity index (χ1v) is 13.9. The molecule has 1 atom stereocenters. The molecule has 1 fully saturated rings. The van der Waals surface area contributed by atoms with Gasteiger partial charge >= 0.3 is 12.1 Å². The van der Waals surface area contributed by atoms with E-state index in [1.165, 1.54) is 0 Å². The smallest absolute Gasteiger partial charge is 0.326 e. The van der Waals surface area contributed by atoms with E-state index in [4.69, 9.17) is 23.2 Å². The number of benzene rings is 3. The fraction of sp³-hybridized carbons (Fsp3) is 0.300. The molecule has 0 spiro atoms. The summed E-state index contributed by atoms with van der Waals surface area (Å²) in [6.45, 7) is 6.42. The summed E-state index contributed by atoms with van der Waals surface area (Å²) in [6.07, 6.45) is 0.842. The van der Waals surface area contributed by atoms with Crippen LogP contribution in [0.25, 0.3) is 11.1 Å².